The second-order valence-corrected chi connectivity index (χ2v) is 11.0. The second-order valence-electron chi connectivity index (χ2n) is 9.10. The Morgan fingerprint density at radius 2 is 1.29 bits per heavy atom. The number of alkyl halides is 2. The van der Waals surface area contributed by atoms with E-state index in [2.05, 4.69) is 11.4 Å². The number of rotatable bonds is 18. The van der Waals surface area contributed by atoms with Crippen LogP contribution in [0.4, 0.5) is 8.78 Å². The third kappa shape index (κ3) is 10.2. The van der Waals surface area contributed by atoms with Crippen molar-refractivity contribution in [3.63, 3.8) is 0 Å². The predicted molar refractivity (Wildman–Crippen MR) is 123 cm³/mol. The molecule has 1 aliphatic rings. The molecule has 1 saturated carbocycles. The van der Waals surface area contributed by atoms with Crippen LogP contribution >= 0.6 is 7.60 Å². The van der Waals surface area contributed by atoms with Gasteiger partial charge in [-0.25, -0.2) is 0 Å². The van der Waals surface area contributed by atoms with Crippen LogP contribution in [0.5, 0.6) is 0 Å². The molecule has 210 valence electrons. The summed E-state index contributed by atoms with van der Waals surface area (Å²) in [5.74, 6) is 0. The van der Waals surface area contributed by atoms with Gasteiger partial charge in [0.05, 0.1) is 19.1 Å². The summed E-state index contributed by atoms with van der Waals surface area (Å²) in [5, 5.41) is 49.0. The molecule has 3 unspecified atom stereocenters. The first-order valence-corrected chi connectivity index (χ1v) is 14.0. The van der Waals surface area contributed by atoms with Crippen LogP contribution in [0.2, 0.25) is 0 Å². The lowest BCUT2D eigenvalue weighted by Crippen LogP contribution is -2.64. The molecular formula is C22H43F2O10P. The van der Waals surface area contributed by atoms with E-state index in [4.69, 9.17) is 9.47 Å². The van der Waals surface area contributed by atoms with Crippen molar-refractivity contribution in [3.05, 3.63) is 0 Å². The minimum atomic E-state index is -5.86. The zero-order chi connectivity index (χ0) is 26.6. The van der Waals surface area contributed by atoms with Crippen LogP contribution in [0, 0.1) is 0 Å². The molecule has 35 heavy (non-hydrogen) atoms. The van der Waals surface area contributed by atoms with Crippen molar-refractivity contribution < 1.29 is 57.8 Å². The Morgan fingerprint density at radius 3 is 1.80 bits per heavy atom. The topological polar surface area (TPSA) is 166 Å². The maximum atomic E-state index is 14.9. The number of hydrogen-bond acceptors (Lipinski definition) is 9. The largest absolute Gasteiger partial charge is 0.397 e. The zero-order valence-corrected chi connectivity index (χ0v) is 21.4. The van der Waals surface area contributed by atoms with E-state index in [1.165, 1.54) is 0 Å². The number of halogens is 2. The molecule has 0 amide bonds. The number of unbranched alkanes of at least 4 members (excludes halogenated alkanes) is 6. The summed E-state index contributed by atoms with van der Waals surface area (Å²) in [5.41, 5.74) is -4.36. The van der Waals surface area contributed by atoms with E-state index in [9.17, 15) is 43.8 Å². The molecular weight excluding hydrogens is 493 g/mol. The highest BCUT2D eigenvalue weighted by Gasteiger charge is 2.58. The highest BCUT2D eigenvalue weighted by molar-refractivity contribution is 7.54. The summed E-state index contributed by atoms with van der Waals surface area (Å²) in [6, 6.07) is 0. The van der Waals surface area contributed by atoms with E-state index < -0.39 is 62.4 Å². The summed E-state index contributed by atoms with van der Waals surface area (Å²) in [7, 11) is -5.86. The highest BCUT2D eigenvalue weighted by Crippen LogP contribution is 2.61. The van der Waals surface area contributed by atoms with Crippen molar-refractivity contribution in [3.8, 4) is 0 Å². The summed E-state index contributed by atoms with van der Waals surface area (Å²) < 4.78 is 57.9. The molecule has 13 heteroatoms. The van der Waals surface area contributed by atoms with Gasteiger partial charge in [-0.1, -0.05) is 52.4 Å². The Labute approximate surface area is 205 Å². The molecule has 1 rings (SSSR count). The third-order valence-electron chi connectivity index (χ3n) is 6.02. The number of aliphatic hydroxyl groups is 5. The molecule has 0 aliphatic heterocycles. The molecule has 0 saturated heterocycles. The quantitative estimate of drug-likeness (QED) is 0.113. The smallest absolute Gasteiger partial charge is 0.387 e. The van der Waals surface area contributed by atoms with Crippen molar-refractivity contribution in [2.24, 2.45) is 0 Å². The Morgan fingerprint density at radius 1 is 0.800 bits per heavy atom. The van der Waals surface area contributed by atoms with Gasteiger partial charge in [-0.3, -0.25) is 9.09 Å². The van der Waals surface area contributed by atoms with Gasteiger partial charge < -0.3 is 39.9 Å². The Bertz CT molecular complexity index is 613. The minimum Gasteiger partial charge on any atom is -0.387 e. The lowest BCUT2D eigenvalue weighted by Gasteiger charge is -2.42. The molecule has 6 N–H and O–H groups in total. The molecule has 0 bridgehead atoms. The van der Waals surface area contributed by atoms with Crippen LogP contribution in [0.15, 0.2) is 0 Å². The predicted octanol–water partition coefficient (Wildman–Crippen LogP) is 1.92. The highest BCUT2D eigenvalue weighted by atomic mass is 31.2. The van der Waals surface area contributed by atoms with Crippen LogP contribution in [0.25, 0.3) is 0 Å². The van der Waals surface area contributed by atoms with Crippen LogP contribution in [-0.4, -0.2) is 98.6 Å². The fraction of sp³-hybridized carbons (Fsp3) is 1.00. The van der Waals surface area contributed by atoms with Gasteiger partial charge in [0.15, 0.2) is 0 Å². The van der Waals surface area contributed by atoms with E-state index in [0.717, 1.165) is 44.9 Å². The molecule has 10 nitrogen and oxygen atoms in total. The van der Waals surface area contributed by atoms with Crippen molar-refractivity contribution in [2.45, 2.75) is 120 Å². The molecule has 0 heterocycles. The van der Waals surface area contributed by atoms with Crippen LogP contribution in [0.1, 0.15) is 71.6 Å². The van der Waals surface area contributed by atoms with Crippen molar-refractivity contribution in [1.82, 2.24) is 0 Å². The fourth-order valence-electron chi connectivity index (χ4n) is 3.74. The average Bonchev–Trinajstić information content (AvgIpc) is 2.80. The third-order valence-corrected chi connectivity index (χ3v) is 7.56. The number of aliphatic hydroxyl groups excluding tert-OH is 5. The van der Waals surface area contributed by atoms with Crippen molar-refractivity contribution in [1.29, 1.82) is 0 Å². The molecule has 8 atom stereocenters. The summed E-state index contributed by atoms with van der Waals surface area (Å²) in [4.78, 5) is 10.1. The van der Waals surface area contributed by atoms with Gasteiger partial charge in [0, 0.05) is 13.2 Å². The van der Waals surface area contributed by atoms with Gasteiger partial charge >= 0.3 is 13.3 Å². The first-order valence-electron chi connectivity index (χ1n) is 12.4. The molecule has 1 aliphatic carbocycles. The molecule has 0 aromatic heterocycles. The Balaban J connectivity index is 2.82. The SMILES string of the molecule is CCCCCCOC[C@H](CC(F)(F)P(=O)(O)OC1[C@H](O)[C@H](O)C(O)[C@H](O)[C@H]1O)OCCCCCC. The molecule has 0 aromatic rings. The maximum absolute atomic E-state index is 14.9. The van der Waals surface area contributed by atoms with Gasteiger partial charge in [0.1, 0.15) is 36.6 Å². The summed E-state index contributed by atoms with van der Waals surface area (Å²) >= 11 is 0. The molecule has 0 aromatic carbocycles. The van der Waals surface area contributed by atoms with E-state index in [0.29, 0.717) is 13.0 Å². The van der Waals surface area contributed by atoms with E-state index in [-0.39, 0.29) is 13.2 Å². The van der Waals surface area contributed by atoms with E-state index in [1.54, 1.807) is 0 Å². The van der Waals surface area contributed by atoms with E-state index >= 15 is 0 Å². The molecule has 0 radical (unpaired) electrons. The van der Waals surface area contributed by atoms with Crippen molar-refractivity contribution in [2.75, 3.05) is 19.8 Å². The first kappa shape index (κ1) is 32.8. The lowest BCUT2D eigenvalue weighted by atomic mass is 9.85. The number of hydrogen-bond donors (Lipinski definition) is 6. The summed E-state index contributed by atoms with van der Waals surface area (Å²) in [6.07, 6.45) is -8.16. The standard InChI is InChI=1S/C22H43F2O10P/c1-3-5-7-9-11-32-14-15(33-12-10-8-6-4-2)13-22(23,24)35(30,31)34-21-19(28)17(26)16(25)18(27)20(21)29/h15-21,25-29H,3-14H2,1-2H3,(H,30,31)/t15-,16?,17-,18+,19+,20+,21?/m0/s1. The van der Waals surface area contributed by atoms with E-state index in [1.807, 2.05) is 6.92 Å². The van der Waals surface area contributed by atoms with Gasteiger partial charge in [-0.05, 0) is 12.8 Å². The van der Waals surface area contributed by atoms with Crippen LogP contribution in [-0.2, 0) is 18.6 Å². The van der Waals surface area contributed by atoms with Gasteiger partial charge in [0.25, 0.3) is 0 Å². The monoisotopic (exact) mass is 536 g/mol. The van der Waals surface area contributed by atoms with Crippen LogP contribution < -0.4 is 0 Å². The fourth-order valence-corrected chi connectivity index (χ4v) is 4.91. The van der Waals surface area contributed by atoms with Crippen molar-refractivity contribution >= 4 is 7.60 Å². The Kier molecular flexibility index (Phi) is 14.8. The average molecular weight is 537 g/mol. The summed E-state index contributed by atoms with van der Waals surface area (Å²) in [6.45, 7) is 4.33. The molecule has 0 spiro atoms. The zero-order valence-electron chi connectivity index (χ0n) is 20.5. The van der Waals surface area contributed by atoms with Gasteiger partial charge in [-0.2, -0.15) is 8.78 Å². The minimum absolute atomic E-state index is 0.160. The number of ether oxygens (including phenoxy) is 2. The van der Waals surface area contributed by atoms with Gasteiger partial charge in [0.2, 0.25) is 0 Å². The Hall–Kier alpha value is -0.270. The van der Waals surface area contributed by atoms with Gasteiger partial charge in [-0.15, -0.1) is 0 Å². The second kappa shape index (κ2) is 15.9. The first-order chi connectivity index (χ1) is 16.4. The molecule has 1 fully saturated rings. The van der Waals surface area contributed by atoms with Crippen LogP contribution in [0.3, 0.4) is 0 Å². The normalized spacial score (nSPS) is 30.2. The maximum Gasteiger partial charge on any atom is 0.397 e. The lowest BCUT2D eigenvalue weighted by molar-refractivity contribution is -0.219.